The molecule has 122 valence electrons. The van der Waals surface area contributed by atoms with Crippen LogP contribution in [-0.4, -0.2) is 20.7 Å². The maximum atomic E-state index is 13.5. The first kappa shape index (κ1) is 15.6. The molecule has 0 bridgehead atoms. The van der Waals surface area contributed by atoms with Gasteiger partial charge in [0.15, 0.2) is 11.6 Å². The van der Waals surface area contributed by atoms with Crippen LogP contribution in [0.5, 0.6) is 11.5 Å². The SMILES string of the molecule is O=C(Cn1cccn1)Nc1ccc(Oc2c(F)cncc2F)cc1. The van der Waals surface area contributed by atoms with Crippen molar-refractivity contribution in [3.63, 3.8) is 0 Å². The molecule has 2 aromatic heterocycles. The molecule has 3 rings (SSSR count). The van der Waals surface area contributed by atoms with Crippen LogP contribution < -0.4 is 10.1 Å². The summed E-state index contributed by atoms with van der Waals surface area (Å²) < 4.78 is 33.6. The minimum Gasteiger partial charge on any atom is -0.451 e. The van der Waals surface area contributed by atoms with Crippen LogP contribution in [0.2, 0.25) is 0 Å². The fourth-order valence-electron chi connectivity index (χ4n) is 1.96. The van der Waals surface area contributed by atoms with Crippen molar-refractivity contribution in [1.82, 2.24) is 14.8 Å². The molecule has 0 fully saturated rings. The number of hydrogen-bond donors (Lipinski definition) is 1. The van der Waals surface area contributed by atoms with E-state index in [9.17, 15) is 13.6 Å². The summed E-state index contributed by atoms with van der Waals surface area (Å²) in [4.78, 5) is 15.2. The average Bonchev–Trinajstić information content (AvgIpc) is 3.05. The van der Waals surface area contributed by atoms with Gasteiger partial charge in [-0.3, -0.25) is 14.5 Å². The highest BCUT2D eigenvalue weighted by atomic mass is 19.1. The number of nitrogens with zero attached hydrogens (tertiary/aromatic N) is 3. The third-order valence-electron chi connectivity index (χ3n) is 3.03. The van der Waals surface area contributed by atoms with Crippen LogP contribution in [0, 0.1) is 11.6 Å². The number of anilines is 1. The van der Waals surface area contributed by atoms with E-state index in [1.54, 1.807) is 30.6 Å². The highest BCUT2D eigenvalue weighted by Crippen LogP contribution is 2.27. The second kappa shape index (κ2) is 6.86. The molecule has 0 atom stereocenters. The molecule has 1 amide bonds. The van der Waals surface area contributed by atoms with Gasteiger partial charge in [-0.25, -0.2) is 8.78 Å². The van der Waals surface area contributed by atoms with Gasteiger partial charge >= 0.3 is 0 Å². The number of aromatic nitrogens is 3. The zero-order valence-electron chi connectivity index (χ0n) is 12.3. The van der Waals surface area contributed by atoms with Gasteiger partial charge in [-0.15, -0.1) is 0 Å². The number of rotatable bonds is 5. The lowest BCUT2D eigenvalue weighted by atomic mass is 10.3. The van der Waals surface area contributed by atoms with Gasteiger partial charge in [-0.2, -0.15) is 5.10 Å². The Morgan fingerprint density at radius 1 is 1.17 bits per heavy atom. The van der Waals surface area contributed by atoms with Crippen molar-refractivity contribution in [3.8, 4) is 11.5 Å². The maximum Gasteiger partial charge on any atom is 0.246 e. The van der Waals surface area contributed by atoms with E-state index >= 15 is 0 Å². The smallest absolute Gasteiger partial charge is 0.246 e. The summed E-state index contributed by atoms with van der Waals surface area (Å²) >= 11 is 0. The molecule has 0 aliphatic rings. The van der Waals surface area contributed by atoms with E-state index in [-0.39, 0.29) is 18.2 Å². The van der Waals surface area contributed by atoms with Gasteiger partial charge in [0.05, 0.1) is 12.4 Å². The molecule has 2 heterocycles. The number of hydrogen-bond acceptors (Lipinski definition) is 4. The minimum atomic E-state index is -0.897. The minimum absolute atomic E-state index is 0.0820. The summed E-state index contributed by atoms with van der Waals surface area (Å²) in [6, 6.07) is 7.82. The summed E-state index contributed by atoms with van der Waals surface area (Å²) in [5.41, 5.74) is 0.523. The summed E-state index contributed by atoms with van der Waals surface area (Å²) in [6.45, 7) is 0.0820. The highest BCUT2D eigenvalue weighted by molar-refractivity contribution is 5.90. The van der Waals surface area contributed by atoms with Gasteiger partial charge in [0.25, 0.3) is 0 Å². The summed E-state index contributed by atoms with van der Waals surface area (Å²) in [5, 5.41) is 6.62. The number of carbonyl (C=O) groups excluding carboxylic acids is 1. The van der Waals surface area contributed by atoms with Crippen LogP contribution in [0.25, 0.3) is 0 Å². The molecule has 0 aliphatic heterocycles. The Kier molecular flexibility index (Phi) is 4.46. The molecule has 0 saturated heterocycles. The van der Waals surface area contributed by atoms with Gasteiger partial charge < -0.3 is 10.1 Å². The highest BCUT2D eigenvalue weighted by Gasteiger charge is 2.12. The fraction of sp³-hybridized carbons (Fsp3) is 0.0625. The monoisotopic (exact) mass is 330 g/mol. The maximum absolute atomic E-state index is 13.5. The van der Waals surface area contributed by atoms with Gasteiger partial charge in [0.2, 0.25) is 11.7 Å². The predicted molar refractivity (Wildman–Crippen MR) is 81.5 cm³/mol. The molecule has 0 unspecified atom stereocenters. The summed E-state index contributed by atoms with van der Waals surface area (Å²) in [7, 11) is 0. The molecular formula is C16H12F2N4O2. The van der Waals surface area contributed by atoms with Gasteiger partial charge in [0.1, 0.15) is 12.3 Å². The molecule has 0 radical (unpaired) electrons. The quantitative estimate of drug-likeness (QED) is 0.781. The number of ether oxygens (including phenoxy) is 1. The number of nitrogens with one attached hydrogen (secondary N) is 1. The van der Waals surface area contributed by atoms with E-state index in [0.717, 1.165) is 12.4 Å². The number of carbonyl (C=O) groups is 1. The molecule has 3 aromatic rings. The van der Waals surface area contributed by atoms with Crippen molar-refractivity contribution >= 4 is 11.6 Å². The number of benzene rings is 1. The second-order valence-corrected chi connectivity index (χ2v) is 4.81. The van der Waals surface area contributed by atoms with Crippen molar-refractivity contribution in [2.45, 2.75) is 6.54 Å². The molecule has 1 aromatic carbocycles. The molecule has 0 spiro atoms. The normalized spacial score (nSPS) is 10.4. The van der Waals surface area contributed by atoms with E-state index in [4.69, 9.17) is 4.74 Å². The molecule has 8 heteroatoms. The summed E-state index contributed by atoms with van der Waals surface area (Å²) in [5.74, 6) is -2.35. The first-order valence-corrected chi connectivity index (χ1v) is 6.96. The van der Waals surface area contributed by atoms with Crippen LogP contribution in [0.3, 0.4) is 0 Å². The lowest BCUT2D eigenvalue weighted by molar-refractivity contribution is -0.116. The van der Waals surface area contributed by atoms with Gasteiger partial charge in [0, 0.05) is 18.1 Å². The fourth-order valence-corrected chi connectivity index (χ4v) is 1.96. The Morgan fingerprint density at radius 2 is 1.88 bits per heavy atom. The molecule has 0 aliphatic carbocycles. The van der Waals surface area contributed by atoms with E-state index in [1.807, 2.05) is 0 Å². The zero-order chi connectivity index (χ0) is 16.9. The van der Waals surface area contributed by atoms with Crippen molar-refractivity contribution in [1.29, 1.82) is 0 Å². The Hall–Kier alpha value is -3.29. The van der Waals surface area contributed by atoms with E-state index in [1.165, 1.54) is 16.8 Å². The Bertz CT molecular complexity index is 816. The van der Waals surface area contributed by atoms with Crippen molar-refractivity contribution < 1.29 is 18.3 Å². The van der Waals surface area contributed by atoms with Crippen molar-refractivity contribution in [2.75, 3.05) is 5.32 Å². The molecule has 6 nitrogen and oxygen atoms in total. The molecular weight excluding hydrogens is 318 g/mol. The third-order valence-corrected chi connectivity index (χ3v) is 3.03. The Labute approximate surface area is 135 Å². The van der Waals surface area contributed by atoms with Crippen LogP contribution >= 0.6 is 0 Å². The number of halogens is 2. The second-order valence-electron chi connectivity index (χ2n) is 4.81. The number of amides is 1. The van der Waals surface area contributed by atoms with Crippen LogP contribution in [0.4, 0.5) is 14.5 Å². The molecule has 24 heavy (non-hydrogen) atoms. The van der Waals surface area contributed by atoms with Crippen molar-refractivity contribution in [3.05, 3.63) is 66.8 Å². The first-order chi connectivity index (χ1) is 11.6. The standard InChI is InChI=1S/C16H12F2N4O2/c17-13-8-19-9-14(18)16(13)24-12-4-2-11(3-5-12)21-15(23)10-22-7-1-6-20-22/h1-9H,10H2,(H,21,23). The lowest BCUT2D eigenvalue weighted by Gasteiger charge is -2.09. The topological polar surface area (TPSA) is 69.0 Å². The molecule has 1 N–H and O–H groups in total. The first-order valence-electron chi connectivity index (χ1n) is 6.96. The van der Waals surface area contributed by atoms with E-state index in [0.29, 0.717) is 5.69 Å². The Balaban J connectivity index is 1.64. The average molecular weight is 330 g/mol. The van der Waals surface area contributed by atoms with E-state index < -0.39 is 17.4 Å². The van der Waals surface area contributed by atoms with Gasteiger partial charge in [-0.05, 0) is 30.3 Å². The van der Waals surface area contributed by atoms with Crippen LogP contribution in [-0.2, 0) is 11.3 Å². The molecule has 0 saturated carbocycles. The Morgan fingerprint density at radius 3 is 2.50 bits per heavy atom. The summed E-state index contributed by atoms with van der Waals surface area (Å²) in [6.07, 6.45) is 4.98. The van der Waals surface area contributed by atoms with Gasteiger partial charge in [-0.1, -0.05) is 0 Å². The van der Waals surface area contributed by atoms with Crippen molar-refractivity contribution in [2.24, 2.45) is 0 Å². The van der Waals surface area contributed by atoms with Crippen LogP contribution in [0.1, 0.15) is 0 Å². The predicted octanol–water partition coefficient (Wildman–Crippen LogP) is 2.99. The zero-order valence-corrected chi connectivity index (χ0v) is 12.3. The lowest BCUT2D eigenvalue weighted by Crippen LogP contribution is -2.18. The number of pyridine rings is 1. The largest absolute Gasteiger partial charge is 0.451 e. The third kappa shape index (κ3) is 3.72. The van der Waals surface area contributed by atoms with E-state index in [2.05, 4.69) is 15.4 Å². The van der Waals surface area contributed by atoms with Crippen LogP contribution in [0.15, 0.2) is 55.1 Å².